The van der Waals surface area contributed by atoms with Crippen LogP contribution in [0.2, 0.25) is 0 Å². The molecule has 8 heteroatoms. The summed E-state index contributed by atoms with van der Waals surface area (Å²) in [5.41, 5.74) is 1.19. The second kappa shape index (κ2) is 9.42. The predicted molar refractivity (Wildman–Crippen MR) is 96.3 cm³/mol. The van der Waals surface area contributed by atoms with E-state index in [-0.39, 0.29) is 17.1 Å². The summed E-state index contributed by atoms with van der Waals surface area (Å²) >= 11 is 0. The predicted octanol–water partition coefficient (Wildman–Crippen LogP) is 3.87. The maximum atomic E-state index is 12.4. The molecule has 0 aliphatic carbocycles. The van der Waals surface area contributed by atoms with E-state index >= 15 is 0 Å². The molecular formula is C19H18F2N2O4. The molecule has 1 amide bonds. The first-order valence-electron chi connectivity index (χ1n) is 8.01. The zero-order valence-electron chi connectivity index (χ0n) is 14.7. The normalized spacial score (nSPS) is 12.0. The molecule has 0 aromatic heterocycles. The van der Waals surface area contributed by atoms with E-state index in [4.69, 9.17) is 4.84 Å². The topological polar surface area (TPSA) is 77.0 Å². The quantitative estimate of drug-likeness (QED) is 0.431. The molecule has 2 rings (SSSR count). The summed E-state index contributed by atoms with van der Waals surface area (Å²) in [6, 6.07) is 12.5. The van der Waals surface area contributed by atoms with Gasteiger partial charge in [-0.25, -0.2) is 0 Å². The number of Topliss-reactive ketones (excluding diaryl/α,β-unsaturated/α-hetero) is 1. The molecule has 0 aliphatic heterocycles. The number of para-hydroxylation sites is 1. The number of hydrogen-bond donors (Lipinski definition) is 1. The summed E-state index contributed by atoms with van der Waals surface area (Å²) in [5, 5.41) is 6.26. The molecule has 6 nitrogen and oxygen atoms in total. The number of oxime groups is 1. The van der Waals surface area contributed by atoms with Crippen LogP contribution >= 0.6 is 0 Å². The summed E-state index contributed by atoms with van der Waals surface area (Å²) in [6.45, 7) is -0.0593. The van der Waals surface area contributed by atoms with Crippen molar-refractivity contribution >= 4 is 23.6 Å². The van der Waals surface area contributed by atoms with Crippen molar-refractivity contribution in [1.82, 2.24) is 0 Å². The van der Waals surface area contributed by atoms with Gasteiger partial charge in [-0.05, 0) is 38.1 Å². The maximum Gasteiger partial charge on any atom is 0.387 e. The highest BCUT2D eigenvalue weighted by Crippen LogP contribution is 2.18. The Morgan fingerprint density at radius 2 is 1.89 bits per heavy atom. The lowest BCUT2D eigenvalue weighted by molar-refractivity contribution is -0.126. The minimum atomic E-state index is -2.96. The van der Waals surface area contributed by atoms with E-state index in [0.717, 1.165) is 0 Å². The van der Waals surface area contributed by atoms with Gasteiger partial charge in [0.15, 0.2) is 5.78 Å². The number of nitrogens with zero attached hydrogens (tertiary/aromatic N) is 1. The fourth-order valence-corrected chi connectivity index (χ4v) is 2.08. The Bertz CT molecular complexity index is 840. The van der Waals surface area contributed by atoms with Crippen molar-refractivity contribution in [2.75, 3.05) is 5.32 Å². The van der Waals surface area contributed by atoms with Gasteiger partial charge in [-0.3, -0.25) is 9.59 Å². The molecule has 0 bridgehead atoms. The first-order chi connectivity index (χ1) is 12.9. The standard InChI is InChI=1S/C19H18F2N2O4/c1-12(24)14-7-5-8-16(10-14)23-18(25)13(2)27-22-11-15-6-3-4-9-17(15)26-19(20)21/h3-11,13,19H,1-2H3,(H,23,25)/b22-11+. The van der Waals surface area contributed by atoms with Crippen LogP contribution in [0.15, 0.2) is 53.7 Å². The van der Waals surface area contributed by atoms with E-state index in [0.29, 0.717) is 11.3 Å². The highest BCUT2D eigenvalue weighted by molar-refractivity contribution is 5.98. The highest BCUT2D eigenvalue weighted by atomic mass is 19.3. The SMILES string of the molecule is CC(=O)c1cccc(NC(=O)C(C)O/N=C/c2ccccc2OC(F)F)c1. The number of amides is 1. The molecule has 0 saturated carbocycles. The summed E-state index contributed by atoms with van der Waals surface area (Å²) in [6.07, 6.45) is 0.225. The number of halogens is 2. The lowest BCUT2D eigenvalue weighted by Crippen LogP contribution is -2.26. The zero-order valence-corrected chi connectivity index (χ0v) is 14.7. The molecule has 2 aromatic carbocycles. The van der Waals surface area contributed by atoms with Crippen LogP contribution in [0.4, 0.5) is 14.5 Å². The van der Waals surface area contributed by atoms with Crippen molar-refractivity contribution in [2.24, 2.45) is 5.16 Å². The van der Waals surface area contributed by atoms with Crippen molar-refractivity contribution in [1.29, 1.82) is 0 Å². The van der Waals surface area contributed by atoms with Gasteiger partial charge >= 0.3 is 6.61 Å². The number of ketones is 1. The van der Waals surface area contributed by atoms with Gasteiger partial charge in [-0.2, -0.15) is 8.78 Å². The van der Waals surface area contributed by atoms with Crippen LogP contribution in [0.1, 0.15) is 29.8 Å². The van der Waals surface area contributed by atoms with E-state index in [2.05, 4.69) is 15.2 Å². The van der Waals surface area contributed by atoms with Crippen LogP contribution in [0.5, 0.6) is 5.75 Å². The monoisotopic (exact) mass is 376 g/mol. The van der Waals surface area contributed by atoms with E-state index < -0.39 is 18.6 Å². The first kappa shape index (κ1) is 20.0. The Hall–Kier alpha value is -3.29. The zero-order chi connectivity index (χ0) is 19.8. The van der Waals surface area contributed by atoms with E-state index in [1.165, 1.54) is 32.2 Å². The van der Waals surface area contributed by atoms with E-state index in [1.807, 2.05) is 0 Å². The van der Waals surface area contributed by atoms with E-state index in [9.17, 15) is 18.4 Å². The lowest BCUT2D eigenvalue weighted by Gasteiger charge is -2.11. The summed E-state index contributed by atoms with van der Waals surface area (Å²) in [7, 11) is 0. The third kappa shape index (κ3) is 6.18. The lowest BCUT2D eigenvalue weighted by atomic mass is 10.1. The second-order valence-electron chi connectivity index (χ2n) is 5.52. The molecule has 0 radical (unpaired) electrons. The van der Waals surface area contributed by atoms with Gasteiger partial charge < -0.3 is 14.9 Å². The van der Waals surface area contributed by atoms with Gasteiger partial charge in [0, 0.05) is 16.8 Å². The summed E-state index contributed by atoms with van der Waals surface area (Å²) < 4.78 is 29.1. The van der Waals surface area contributed by atoms with Crippen molar-refractivity contribution in [3.05, 3.63) is 59.7 Å². The number of hydrogen-bond acceptors (Lipinski definition) is 5. The van der Waals surface area contributed by atoms with Gasteiger partial charge in [0.25, 0.3) is 5.91 Å². The molecule has 1 unspecified atom stereocenters. The molecule has 2 aromatic rings. The Kier molecular flexibility index (Phi) is 6.99. The molecule has 0 saturated heterocycles. The Balaban J connectivity index is 1.96. The number of anilines is 1. The van der Waals surface area contributed by atoms with Crippen LogP contribution in [0.25, 0.3) is 0 Å². The minimum Gasteiger partial charge on any atom is -0.434 e. The van der Waals surface area contributed by atoms with Crippen LogP contribution in [0.3, 0.4) is 0 Å². The molecule has 0 aliphatic rings. The third-order valence-electron chi connectivity index (χ3n) is 3.45. The second-order valence-corrected chi connectivity index (χ2v) is 5.52. The first-order valence-corrected chi connectivity index (χ1v) is 8.01. The molecule has 1 N–H and O–H groups in total. The van der Waals surface area contributed by atoms with Crippen LogP contribution < -0.4 is 10.1 Å². The number of rotatable bonds is 8. The third-order valence-corrected chi connectivity index (χ3v) is 3.45. The maximum absolute atomic E-state index is 12.4. The number of carbonyl (C=O) groups excluding carboxylic acids is 2. The van der Waals surface area contributed by atoms with E-state index in [1.54, 1.807) is 36.4 Å². The number of benzene rings is 2. The highest BCUT2D eigenvalue weighted by Gasteiger charge is 2.15. The Morgan fingerprint density at radius 3 is 2.59 bits per heavy atom. The van der Waals surface area contributed by atoms with Gasteiger partial charge in [0.05, 0.1) is 6.21 Å². The molecular weight excluding hydrogens is 358 g/mol. The molecule has 0 spiro atoms. The molecule has 142 valence electrons. The molecule has 1 atom stereocenters. The fraction of sp³-hybridized carbons (Fsp3) is 0.211. The average molecular weight is 376 g/mol. The summed E-state index contributed by atoms with van der Waals surface area (Å²) in [4.78, 5) is 28.6. The largest absolute Gasteiger partial charge is 0.434 e. The average Bonchev–Trinajstić information content (AvgIpc) is 2.62. The Labute approximate surface area is 154 Å². The minimum absolute atomic E-state index is 0.0574. The summed E-state index contributed by atoms with van der Waals surface area (Å²) in [5.74, 6) is -0.660. The van der Waals surface area contributed by atoms with Crippen molar-refractivity contribution in [3.8, 4) is 5.75 Å². The number of carbonyl (C=O) groups is 2. The molecule has 0 heterocycles. The van der Waals surface area contributed by atoms with Crippen molar-refractivity contribution < 1.29 is 27.9 Å². The smallest absolute Gasteiger partial charge is 0.387 e. The molecule has 0 fully saturated rings. The number of nitrogens with one attached hydrogen (secondary N) is 1. The Morgan fingerprint density at radius 1 is 1.15 bits per heavy atom. The van der Waals surface area contributed by atoms with Crippen LogP contribution in [-0.2, 0) is 9.63 Å². The number of ether oxygens (including phenoxy) is 1. The van der Waals surface area contributed by atoms with Crippen LogP contribution in [-0.4, -0.2) is 30.6 Å². The van der Waals surface area contributed by atoms with Gasteiger partial charge in [0.1, 0.15) is 5.75 Å². The van der Waals surface area contributed by atoms with Gasteiger partial charge in [-0.15, -0.1) is 0 Å². The van der Waals surface area contributed by atoms with Crippen molar-refractivity contribution in [2.45, 2.75) is 26.6 Å². The van der Waals surface area contributed by atoms with Gasteiger partial charge in [0.2, 0.25) is 6.10 Å². The number of alkyl halides is 2. The van der Waals surface area contributed by atoms with Crippen LogP contribution in [0, 0.1) is 0 Å². The van der Waals surface area contributed by atoms with Crippen molar-refractivity contribution in [3.63, 3.8) is 0 Å². The molecule has 27 heavy (non-hydrogen) atoms. The van der Waals surface area contributed by atoms with Gasteiger partial charge in [-0.1, -0.05) is 29.4 Å². The fourth-order valence-electron chi connectivity index (χ4n) is 2.08.